The molecular formula is C13H21N5. The first-order valence-electron chi connectivity index (χ1n) is 6.52. The average Bonchev–Trinajstić information content (AvgIpc) is 2.85. The quantitative estimate of drug-likeness (QED) is 0.648. The molecule has 0 amide bonds. The minimum Gasteiger partial charge on any atom is -0.343 e. The van der Waals surface area contributed by atoms with Crippen LogP contribution in [0.3, 0.4) is 0 Å². The first-order chi connectivity index (χ1) is 8.81. The second-order valence-corrected chi connectivity index (χ2v) is 4.56. The molecule has 0 spiro atoms. The van der Waals surface area contributed by atoms with Gasteiger partial charge in [0.15, 0.2) is 5.65 Å². The highest BCUT2D eigenvalue weighted by atomic mass is 15.0. The van der Waals surface area contributed by atoms with Crippen LogP contribution in [-0.4, -0.2) is 34.1 Å². The van der Waals surface area contributed by atoms with Crippen LogP contribution in [0.25, 0.3) is 11.2 Å². The topological polar surface area (TPSA) is 65.6 Å². The molecule has 2 aromatic heterocycles. The van der Waals surface area contributed by atoms with Gasteiger partial charge in [-0.3, -0.25) is 0 Å². The number of rotatable bonds is 7. The molecule has 0 saturated carbocycles. The Balaban J connectivity index is 1.88. The Labute approximate surface area is 107 Å². The number of nitrogens with one attached hydrogen (secondary N) is 3. The molecule has 0 aliphatic carbocycles. The van der Waals surface area contributed by atoms with Crippen LogP contribution < -0.4 is 10.6 Å². The largest absolute Gasteiger partial charge is 0.343 e. The zero-order valence-corrected chi connectivity index (χ0v) is 11.0. The average molecular weight is 247 g/mol. The Morgan fingerprint density at radius 1 is 1.39 bits per heavy atom. The lowest BCUT2D eigenvalue weighted by Gasteiger charge is -2.14. The molecule has 5 heteroatoms. The van der Waals surface area contributed by atoms with Gasteiger partial charge in [0.25, 0.3) is 0 Å². The summed E-state index contributed by atoms with van der Waals surface area (Å²) in [5.74, 6) is 0. The minimum atomic E-state index is 0.447. The Hall–Kier alpha value is -1.46. The molecule has 0 radical (unpaired) electrons. The number of pyridine rings is 1. The smallest absolute Gasteiger partial charge is 0.177 e. The van der Waals surface area contributed by atoms with E-state index in [1.54, 1.807) is 12.5 Å². The second kappa shape index (κ2) is 6.47. The maximum absolute atomic E-state index is 4.21. The number of hydrogen-bond donors (Lipinski definition) is 3. The van der Waals surface area contributed by atoms with Gasteiger partial charge in [0, 0.05) is 25.3 Å². The molecule has 98 valence electrons. The van der Waals surface area contributed by atoms with Gasteiger partial charge in [0.1, 0.15) is 0 Å². The molecule has 2 rings (SSSR count). The summed E-state index contributed by atoms with van der Waals surface area (Å²) < 4.78 is 0. The number of aromatic nitrogens is 3. The summed E-state index contributed by atoms with van der Waals surface area (Å²) in [5.41, 5.74) is 3.02. The summed E-state index contributed by atoms with van der Waals surface area (Å²) in [6.07, 6.45) is 4.67. The number of fused-ring (bicyclic) bond motifs is 1. The van der Waals surface area contributed by atoms with Gasteiger partial charge in [0.2, 0.25) is 0 Å². The summed E-state index contributed by atoms with van der Waals surface area (Å²) in [4.78, 5) is 11.5. The van der Waals surface area contributed by atoms with Gasteiger partial charge in [-0.05, 0) is 31.5 Å². The van der Waals surface area contributed by atoms with Crippen molar-refractivity contribution in [2.24, 2.45) is 0 Å². The molecular weight excluding hydrogens is 226 g/mol. The summed E-state index contributed by atoms with van der Waals surface area (Å²) in [6, 6.07) is 2.47. The zero-order valence-electron chi connectivity index (χ0n) is 11.0. The minimum absolute atomic E-state index is 0.447. The van der Waals surface area contributed by atoms with Gasteiger partial charge in [0.05, 0.1) is 11.8 Å². The van der Waals surface area contributed by atoms with Gasteiger partial charge < -0.3 is 15.6 Å². The fourth-order valence-electron chi connectivity index (χ4n) is 1.90. The monoisotopic (exact) mass is 247 g/mol. The highest BCUT2D eigenvalue weighted by Crippen LogP contribution is 2.11. The fourth-order valence-corrected chi connectivity index (χ4v) is 1.90. The van der Waals surface area contributed by atoms with E-state index in [4.69, 9.17) is 0 Å². The van der Waals surface area contributed by atoms with Gasteiger partial charge in [-0.15, -0.1) is 0 Å². The predicted molar refractivity (Wildman–Crippen MR) is 73.4 cm³/mol. The van der Waals surface area contributed by atoms with Crippen LogP contribution in [0.5, 0.6) is 0 Å². The lowest BCUT2D eigenvalue weighted by Crippen LogP contribution is -2.36. The van der Waals surface area contributed by atoms with E-state index in [2.05, 4.69) is 39.4 Å². The zero-order chi connectivity index (χ0) is 12.8. The summed E-state index contributed by atoms with van der Waals surface area (Å²) in [7, 11) is 0. The third-order valence-corrected chi connectivity index (χ3v) is 2.93. The third-order valence-electron chi connectivity index (χ3n) is 2.93. The first-order valence-corrected chi connectivity index (χ1v) is 6.52. The molecule has 1 atom stereocenters. The van der Waals surface area contributed by atoms with E-state index in [0.717, 1.165) is 30.8 Å². The maximum Gasteiger partial charge on any atom is 0.177 e. The molecule has 18 heavy (non-hydrogen) atoms. The van der Waals surface area contributed by atoms with Crippen molar-refractivity contribution in [3.63, 3.8) is 0 Å². The first kappa shape index (κ1) is 13.0. The lowest BCUT2D eigenvalue weighted by atomic mass is 10.2. The molecule has 0 aliphatic rings. The van der Waals surface area contributed by atoms with Crippen molar-refractivity contribution in [3.05, 3.63) is 24.2 Å². The van der Waals surface area contributed by atoms with E-state index >= 15 is 0 Å². The van der Waals surface area contributed by atoms with Gasteiger partial charge >= 0.3 is 0 Å². The molecule has 2 aromatic rings. The molecule has 5 nitrogen and oxygen atoms in total. The van der Waals surface area contributed by atoms with Crippen molar-refractivity contribution >= 4 is 11.2 Å². The summed E-state index contributed by atoms with van der Waals surface area (Å²) >= 11 is 0. The van der Waals surface area contributed by atoms with Crippen molar-refractivity contribution in [1.29, 1.82) is 0 Å². The number of aromatic amines is 1. The molecule has 2 heterocycles. The molecule has 0 fully saturated rings. The van der Waals surface area contributed by atoms with E-state index in [1.807, 2.05) is 6.07 Å². The molecule has 1 unspecified atom stereocenters. The molecule has 3 N–H and O–H groups in total. The summed E-state index contributed by atoms with van der Waals surface area (Å²) in [6.45, 7) is 7.26. The molecule has 0 aliphatic heterocycles. The van der Waals surface area contributed by atoms with E-state index in [1.165, 1.54) is 12.0 Å². The Morgan fingerprint density at radius 3 is 3.11 bits per heavy atom. The van der Waals surface area contributed by atoms with Crippen LogP contribution in [0.2, 0.25) is 0 Å². The van der Waals surface area contributed by atoms with Crippen LogP contribution in [0.1, 0.15) is 25.8 Å². The van der Waals surface area contributed by atoms with Crippen LogP contribution >= 0.6 is 0 Å². The van der Waals surface area contributed by atoms with Gasteiger partial charge in [-0.25, -0.2) is 9.97 Å². The lowest BCUT2D eigenvalue weighted by molar-refractivity contribution is 0.502. The fraction of sp³-hybridized carbons (Fsp3) is 0.538. The van der Waals surface area contributed by atoms with Crippen molar-refractivity contribution in [2.45, 2.75) is 32.9 Å². The van der Waals surface area contributed by atoms with Crippen LogP contribution in [0.15, 0.2) is 18.6 Å². The summed E-state index contributed by atoms with van der Waals surface area (Å²) in [5, 5.41) is 6.91. The Bertz CT molecular complexity index is 479. The number of imidazole rings is 1. The number of hydrogen-bond acceptors (Lipinski definition) is 4. The predicted octanol–water partition coefficient (Wildman–Crippen LogP) is 1.44. The highest BCUT2D eigenvalue weighted by Gasteiger charge is 2.05. The van der Waals surface area contributed by atoms with E-state index in [-0.39, 0.29) is 0 Å². The second-order valence-electron chi connectivity index (χ2n) is 4.56. The highest BCUT2D eigenvalue weighted by molar-refractivity contribution is 5.73. The van der Waals surface area contributed by atoms with Crippen molar-refractivity contribution in [2.75, 3.05) is 13.1 Å². The number of H-pyrrole nitrogens is 1. The van der Waals surface area contributed by atoms with E-state index in [9.17, 15) is 0 Å². The van der Waals surface area contributed by atoms with Crippen molar-refractivity contribution in [1.82, 2.24) is 25.6 Å². The van der Waals surface area contributed by atoms with Crippen molar-refractivity contribution in [3.8, 4) is 0 Å². The Kier molecular flexibility index (Phi) is 4.66. The third kappa shape index (κ3) is 3.27. The standard InChI is InChI=1S/C13H21N5/c1-3-5-14-7-10(2)16-8-11-4-6-15-13-12(11)17-9-18-13/h4,6,9-10,14,16H,3,5,7-8H2,1-2H3,(H,15,17,18). The van der Waals surface area contributed by atoms with Crippen LogP contribution in [-0.2, 0) is 6.54 Å². The normalized spacial score (nSPS) is 13.0. The molecule has 0 aromatic carbocycles. The molecule has 0 bridgehead atoms. The maximum atomic E-state index is 4.21. The van der Waals surface area contributed by atoms with E-state index < -0.39 is 0 Å². The van der Waals surface area contributed by atoms with Crippen molar-refractivity contribution < 1.29 is 0 Å². The van der Waals surface area contributed by atoms with Gasteiger partial charge in [-0.1, -0.05) is 6.92 Å². The van der Waals surface area contributed by atoms with Crippen LogP contribution in [0.4, 0.5) is 0 Å². The van der Waals surface area contributed by atoms with Gasteiger partial charge in [-0.2, -0.15) is 0 Å². The Morgan fingerprint density at radius 2 is 2.28 bits per heavy atom. The van der Waals surface area contributed by atoms with Crippen LogP contribution in [0, 0.1) is 0 Å². The number of nitrogens with zero attached hydrogens (tertiary/aromatic N) is 2. The van der Waals surface area contributed by atoms with E-state index in [0.29, 0.717) is 6.04 Å². The SMILES string of the molecule is CCCNCC(C)NCc1ccnc2nc[nH]c12. The molecule has 0 saturated heterocycles.